The van der Waals surface area contributed by atoms with E-state index in [9.17, 15) is 0 Å². The summed E-state index contributed by atoms with van der Waals surface area (Å²) in [6.07, 6.45) is 1.48. The minimum atomic E-state index is -0.150. The first-order valence-electron chi connectivity index (χ1n) is 5.11. The lowest BCUT2D eigenvalue weighted by Gasteiger charge is -2.16. The van der Waals surface area contributed by atoms with Gasteiger partial charge >= 0.3 is 0 Å². The molecule has 0 bridgehead atoms. The van der Waals surface area contributed by atoms with Crippen LogP contribution in [-0.2, 0) is 0 Å². The Morgan fingerprint density at radius 2 is 2.19 bits per heavy atom. The van der Waals surface area contributed by atoms with Gasteiger partial charge in [0, 0.05) is 0 Å². The second-order valence-corrected chi connectivity index (χ2v) is 3.83. The summed E-state index contributed by atoms with van der Waals surface area (Å²) in [5, 5.41) is 6.66. The maximum Gasteiger partial charge on any atom is 0.147 e. The molecule has 2 aromatic rings. The van der Waals surface area contributed by atoms with Crippen LogP contribution in [0.1, 0.15) is 28.6 Å². The maximum atomic E-state index is 5.57. The molecule has 84 valence electrons. The average Bonchev–Trinajstić information content (AvgIpc) is 2.75. The Morgan fingerprint density at radius 1 is 1.38 bits per heavy atom. The molecule has 0 saturated carbocycles. The zero-order valence-corrected chi connectivity index (χ0v) is 9.36. The third-order valence-corrected chi connectivity index (χ3v) is 2.61. The highest BCUT2D eigenvalue weighted by molar-refractivity contribution is 5.35. The van der Waals surface area contributed by atoms with Crippen LogP contribution in [0, 0.1) is 13.8 Å². The first-order chi connectivity index (χ1) is 7.72. The summed E-state index contributed by atoms with van der Waals surface area (Å²) in [7, 11) is 0. The molecule has 0 aliphatic carbocycles. The molecule has 1 unspecified atom stereocenters. The van der Waals surface area contributed by atoms with Crippen molar-refractivity contribution in [3.63, 3.8) is 0 Å². The van der Waals surface area contributed by atoms with E-state index < -0.39 is 0 Å². The monoisotopic (exact) mass is 217 g/mol. The predicted octanol–water partition coefficient (Wildman–Crippen LogP) is 0.974. The molecule has 16 heavy (non-hydrogen) atoms. The highest BCUT2D eigenvalue weighted by Gasteiger charge is 2.16. The number of nitrogens with zero attached hydrogens (tertiary/aromatic N) is 2. The highest BCUT2D eigenvalue weighted by Crippen LogP contribution is 2.22. The van der Waals surface area contributed by atoms with Gasteiger partial charge in [0.05, 0.1) is 0 Å². The summed E-state index contributed by atoms with van der Waals surface area (Å²) in [6, 6.07) is 6.08. The van der Waals surface area contributed by atoms with Crippen molar-refractivity contribution in [3.8, 4) is 0 Å². The third-order valence-electron chi connectivity index (χ3n) is 2.61. The van der Waals surface area contributed by atoms with Crippen LogP contribution in [0.3, 0.4) is 0 Å². The first-order valence-corrected chi connectivity index (χ1v) is 5.11. The van der Waals surface area contributed by atoms with Gasteiger partial charge in [0.1, 0.15) is 18.2 Å². The van der Waals surface area contributed by atoms with Crippen LogP contribution in [-0.4, -0.2) is 15.2 Å². The number of hydrogen-bond acceptors (Lipinski definition) is 4. The molecule has 2 rings (SSSR count). The lowest BCUT2D eigenvalue weighted by Crippen LogP contribution is -2.30. The number of benzene rings is 1. The quantitative estimate of drug-likeness (QED) is 0.529. The lowest BCUT2D eigenvalue weighted by molar-refractivity contribution is 0.601. The van der Waals surface area contributed by atoms with Crippen molar-refractivity contribution in [2.75, 3.05) is 0 Å². The van der Waals surface area contributed by atoms with Gasteiger partial charge in [0.2, 0.25) is 0 Å². The van der Waals surface area contributed by atoms with Crippen molar-refractivity contribution in [2.45, 2.75) is 19.9 Å². The van der Waals surface area contributed by atoms with Gasteiger partial charge in [-0.2, -0.15) is 5.10 Å². The summed E-state index contributed by atoms with van der Waals surface area (Å²) in [5.74, 6) is 6.28. The fraction of sp³-hybridized carbons (Fsp3) is 0.273. The van der Waals surface area contributed by atoms with Gasteiger partial charge in [0.25, 0.3) is 0 Å². The Kier molecular flexibility index (Phi) is 2.98. The van der Waals surface area contributed by atoms with Gasteiger partial charge in [-0.15, -0.1) is 0 Å². The lowest BCUT2D eigenvalue weighted by atomic mass is 9.99. The van der Waals surface area contributed by atoms with E-state index in [1.54, 1.807) is 0 Å². The largest absolute Gasteiger partial charge is 0.270 e. The van der Waals surface area contributed by atoms with Gasteiger partial charge in [-0.1, -0.05) is 23.8 Å². The van der Waals surface area contributed by atoms with Crippen LogP contribution >= 0.6 is 0 Å². The Balaban J connectivity index is 2.41. The van der Waals surface area contributed by atoms with Crippen molar-refractivity contribution in [1.29, 1.82) is 0 Å². The number of aryl methyl sites for hydroxylation is 2. The number of hydrogen-bond donors (Lipinski definition) is 3. The van der Waals surface area contributed by atoms with Gasteiger partial charge < -0.3 is 0 Å². The second-order valence-electron chi connectivity index (χ2n) is 3.83. The molecule has 0 spiro atoms. The Bertz CT molecular complexity index is 463. The van der Waals surface area contributed by atoms with E-state index in [1.165, 1.54) is 17.5 Å². The van der Waals surface area contributed by atoms with Crippen molar-refractivity contribution in [3.05, 3.63) is 47.0 Å². The number of H-pyrrole nitrogens is 1. The number of rotatable bonds is 3. The van der Waals surface area contributed by atoms with Gasteiger partial charge in [-0.25, -0.2) is 10.4 Å². The van der Waals surface area contributed by atoms with E-state index in [-0.39, 0.29) is 6.04 Å². The molecule has 0 amide bonds. The second kappa shape index (κ2) is 4.42. The zero-order valence-electron chi connectivity index (χ0n) is 9.36. The third kappa shape index (κ3) is 1.95. The van der Waals surface area contributed by atoms with Crippen LogP contribution < -0.4 is 11.3 Å². The summed E-state index contributed by atoms with van der Waals surface area (Å²) >= 11 is 0. The maximum absolute atomic E-state index is 5.57. The predicted molar refractivity (Wildman–Crippen MR) is 61.5 cm³/mol. The van der Waals surface area contributed by atoms with Crippen molar-refractivity contribution < 1.29 is 0 Å². The van der Waals surface area contributed by atoms with Gasteiger partial charge in [-0.05, 0) is 25.0 Å². The summed E-state index contributed by atoms with van der Waals surface area (Å²) in [6.45, 7) is 4.12. The highest BCUT2D eigenvalue weighted by atomic mass is 15.3. The topological polar surface area (TPSA) is 79.6 Å². The smallest absolute Gasteiger partial charge is 0.147 e. The SMILES string of the molecule is Cc1ccc(C(NN)c2ncn[nH]2)c(C)c1. The molecule has 1 aromatic carbocycles. The van der Waals surface area contributed by atoms with E-state index in [0.717, 1.165) is 11.4 Å². The van der Waals surface area contributed by atoms with Gasteiger partial charge in [-0.3, -0.25) is 10.9 Å². The van der Waals surface area contributed by atoms with Crippen molar-refractivity contribution >= 4 is 0 Å². The molecule has 4 N–H and O–H groups in total. The Morgan fingerprint density at radius 3 is 2.75 bits per heavy atom. The van der Waals surface area contributed by atoms with Crippen LogP contribution in [0.25, 0.3) is 0 Å². The Labute approximate surface area is 94.1 Å². The fourth-order valence-electron chi connectivity index (χ4n) is 1.82. The molecule has 1 heterocycles. The van der Waals surface area contributed by atoms with Crippen molar-refractivity contribution in [2.24, 2.45) is 5.84 Å². The molecular formula is C11H15N5. The van der Waals surface area contributed by atoms with Crippen molar-refractivity contribution in [1.82, 2.24) is 20.6 Å². The molecular weight excluding hydrogens is 202 g/mol. The summed E-state index contributed by atoms with van der Waals surface area (Å²) < 4.78 is 0. The molecule has 0 aliphatic rings. The number of nitrogens with two attached hydrogens (primary N) is 1. The standard InChI is InChI=1S/C11H15N5/c1-7-3-4-9(8(2)5-7)10(15-12)11-13-6-14-16-11/h3-6,10,15H,12H2,1-2H3,(H,13,14,16). The minimum absolute atomic E-state index is 0.150. The number of aromatic nitrogens is 3. The number of hydrazine groups is 1. The number of aromatic amines is 1. The molecule has 0 fully saturated rings. The van der Waals surface area contributed by atoms with E-state index >= 15 is 0 Å². The number of nitrogens with one attached hydrogen (secondary N) is 2. The van der Waals surface area contributed by atoms with E-state index in [2.05, 4.69) is 52.7 Å². The molecule has 0 aliphatic heterocycles. The molecule has 1 aromatic heterocycles. The molecule has 5 nitrogen and oxygen atoms in total. The normalized spacial score (nSPS) is 12.7. The molecule has 1 atom stereocenters. The molecule has 0 radical (unpaired) electrons. The first kappa shape index (κ1) is 10.8. The fourth-order valence-corrected chi connectivity index (χ4v) is 1.82. The van der Waals surface area contributed by atoms with Crippen LogP contribution in [0.15, 0.2) is 24.5 Å². The minimum Gasteiger partial charge on any atom is -0.270 e. The average molecular weight is 217 g/mol. The molecule has 5 heteroatoms. The van der Waals surface area contributed by atoms with Crippen LogP contribution in [0.4, 0.5) is 0 Å². The van der Waals surface area contributed by atoms with E-state index in [4.69, 9.17) is 5.84 Å². The van der Waals surface area contributed by atoms with Crippen LogP contribution in [0.2, 0.25) is 0 Å². The van der Waals surface area contributed by atoms with Gasteiger partial charge in [0.15, 0.2) is 0 Å². The van der Waals surface area contributed by atoms with E-state index in [0.29, 0.717) is 0 Å². The zero-order chi connectivity index (χ0) is 11.5. The summed E-state index contributed by atoms with van der Waals surface area (Å²) in [4.78, 5) is 4.12. The summed E-state index contributed by atoms with van der Waals surface area (Å²) in [5.41, 5.74) is 6.26. The Hall–Kier alpha value is -1.72. The van der Waals surface area contributed by atoms with Crippen LogP contribution in [0.5, 0.6) is 0 Å². The molecule has 0 saturated heterocycles. The van der Waals surface area contributed by atoms with E-state index in [1.807, 2.05) is 0 Å².